The van der Waals surface area contributed by atoms with Crippen molar-refractivity contribution >= 4 is 40.4 Å². The molecule has 1 aromatic heterocycles. The summed E-state index contributed by atoms with van der Waals surface area (Å²) in [5.74, 6) is 0.293. The van der Waals surface area contributed by atoms with Crippen LogP contribution in [0, 0.1) is 5.92 Å². The van der Waals surface area contributed by atoms with E-state index in [1.54, 1.807) is 24.3 Å². The minimum absolute atomic E-state index is 0.00941. The Morgan fingerprint density at radius 2 is 2.17 bits per heavy atom. The summed E-state index contributed by atoms with van der Waals surface area (Å²) >= 11 is 7.54. The van der Waals surface area contributed by atoms with Gasteiger partial charge in [0.2, 0.25) is 0 Å². The lowest BCUT2D eigenvalue weighted by molar-refractivity contribution is 0.0683. The van der Waals surface area contributed by atoms with Crippen LogP contribution in [0.4, 0.5) is 5.69 Å². The van der Waals surface area contributed by atoms with Crippen molar-refractivity contribution in [2.24, 2.45) is 5.92 Å². The third-order valence-corrected chi connectivity index (χ3v) is 5.35. The SMILES string of the molecule is CC1CCCN(C(=O)c2ccc(Cl)c(NC(=O)c3cccs3)c2)C1. The lowest BCUT2D eigenvalue weighted by Gasteiger charge is -2.31. The van der Waals surface area contributed by atoms with Gasteiger partial charge in [0.15, 0.2) is 0 Å². The van der Waals surface area contributed by atoms with Gasteiger partial charge < -0.3 is 10.2 Å². The van der Waals surface area contributed by atoms with Gasteiger partial charge in [0.25, 0.3) is 11.8 Å². The zero-order valence-electron chi connectivity index (χ0n) is 13.4. The second-order valence-electron chi connectivity index (χ2n) is 6.12. The van der Waals surface area contributed by atoms with E-state index in [9.17, 15) is 9.59 Å². The van der Waals surface area contributed by atoms with E-state index < -0.39 is 0 Å². The van der Waals surface area contributed by atoms with E-state index in [-0.39, 0.29) is 11.8 Å². The molecule has 2 amide bonds. The zero-order valence-corrected chi connectivity index (χ0v) is 15.0. The van der Waals surface area contributed by atoms with E-state index in [2.05, 4.69) is 12.2 Å². The predicted octanol–water partition coefficient (Wildman–Crippen LogP) is 4.53. The lowest BCUT2D eigenvalue weighted by atomic mass is 9.99. The number of hydrogen-bond donors (Lipinski definition) is 1. The third kappa shape index (κ3) is 3.79. The van der Waals surface area contributed by atoms with Gasteiger partial charge in [-0.05, 0) is 48.4 Å². The molecule has 126 valence electrons. The Hall–Kier alpha value is -1.85. The Morgan fingerprint density at radius 3 is 2.88 bits per heavy atom. The Kier molecular flexibility index (Phi) is 5.21. The molecule has 4 nitrogen and oxygen atoms in total. The van der Waals surface area contributed by atoms with Gasteiger partial charge in [-0.3, -0.25) is 9.59 Å². The van der Waals surface area contributed by atoms with Crippen LogP contribution in [-0.2, 0) is 0 Å². The van der Waals surface area contributed by atoms with Gasteiger partial charge in [-0.15, -0.1) is 11.3 Å². The highest BCUT2D eigenvalue weighted by Crippen LogP contribution is 2.26. The number of halogens is 1. The summed E-state index contributed by atoms with van der Waals surface area (Å²) in [6.07, 6.45) is 2.19. The smallest absolute Gasteiger partial charge is 0.265 e. The first-order chi connectivity index (χ1) is 11.5. The Labute approximate surface area is 150 Å². The van der Waals surface area contributed by atoms with Crippen molar-refractivity contribution in [2.75, 3.05) is 18.4 Å². The fourth-order valence-corrected chi connectivity index (χ4v) is 3.69. The van der Waals surface area contributed by atoms with Crippen LogP contribution in [0.1, 0.15) is 39.8 Å². The number of nitrogens with zero attached hydrogens (tertiary/aromatic N) is 1. The Morgan fingerprint density at radius 1 is 1.33 bits per heavy atom. The van der Waals surface area contributed by atoms with Gasteiger partial charge >= 0.3 is 0 Å². The highest BCUT2D eigenvalue weighted by Gasteiger charge is 2.22. The number of carbonyl (C=O) groups excluding carboxylic acids is 2. The molecule has 1 N–H and O–H groups in total. The molecule has 24 heavy (non-hydrogen) atoms. The van der Waals surface area contributed by atoms with Crippen LogP contribution in [0.5, 0.6) is 0 Å². The second kappa shape index (κ2) is 7.36. The highest BCUT2D eigenvalue weighted by atomic mass is 35.5. The molecule has 0 saturated carbocycles. The molecule has 0 spiro atoms. The van der Waals surface area contributed by atoms with Gasteiger partial charge in [0.05, 0.1) is 15.6 Å². The van der Waals surface area contributed by atoms with Crippen molar-refractivity contribution in [3.05, 3.63) is 51.2 Å². The molecule has 6 heteroatoms. The largest absolute Gasteiger partial charge is 0.338 e. The number of thiophene rings is 1. The Bertz CT molecular complexity index is 745. The average molecular weight is 363 g/mol. The fourth-order valence-electron chi connectivity index (χ4n) is 2.90. The number of nitrogens with one attached hydrogen (secondary N) is 1. The molecule has 2 heterocycles. The molecule has 1 atom stereocenters. The molecule has 1 unspecified atom stereocenters. The fraction of sp³-hybridized carbons (Fsp3) is 0.333. The molecule has 1 saturated heterocycles. The molecule has 1 aromatic carbocycles. The van der Waals surface area contributed by atoms with Crippen molar-refractivity contribution in [2.45, 2.75) is 19.8 Å². The van der Waals surface area contributed by atoms with E-state index in [0.717, 1.165) is 25.9 Å². The molecular formula is C18H19ClN2O2S. The third-order valence-electron chi connectivity index (χ3n) is 4.15. The number of hydrogen-bond acceptors (Lipinski definition) is 3. The van der Waals surface area contributed by atoms with Gasteiger partial charge in [-0.1, -0.05) is 24.6 Å². The van der Waals surface area contributed by atoms with Crippen molar-refractivity contribution in [1.82, 2.24) is 4.90 Å². The molecule has 1 aliphatic heterocycles. The summed E-state index contributed by atoms with van der Waals surface area (Å²) in [6.45, 7) is 3.72. The number of benzene rings is 1. The highest BCUT2D eigenvalue weighted by molar-refractivity contribution is 7.12. The summed E-state index contributed by atoms with van der Waals surface area (Å²) in [5.41, 5.74) is 1.01. The quantitative estimate of drug-likeness (QED) is 0.872. The van der Waals surface area contributed by atoms with Gasteiger partial charge in [-0.25, -0.2) is 0 Å². The van der Waals surface area contributed by atoms with Crippen LogP contribution in [0.25, 0.3) is 0 Å². The van der Waals surface area contributed by atoms with Crippen molar-refractivity contribution in [3.8, 4) is 0 Å². The summed E-state index contributed by atoms with van der Waals surface area (Å²) in [4.78, 5) is 27.4. The lowest BCUT2D eigenvalue weighted by Crippen LogP contribution is -2.39. The van der Waals surface area contributed by atoms with Crippen LogP contribution >= 0.6 is 22.9 Å². The van der Waals surface area contributed by atoms with Crippen molar-refractivity contribution < 1.29 is 9.59 Å². The summed E-state index contributed by atoms with van der Waals surface area (Å²) in [7, 11) is 0. The predicted molar refractivity (Wildman–Crippen MR) is 98.0 cm³/mol. The van der Waals surface area contributed by atoms with Crippen LogP contribution in [-0.4, -0.2) is 29.8 Å². The van der Waals surface area contributed by atoms with E-state index in [0.29, 0.717) is 27.1 Å². The molecule has 2 aromatic rings. The molecule has 3 rings (SSSR count). The first kappa shape index (κ1) is 17.0. The molecule has 0 bridgehead atoms. The molecule has 0 aliphatic carbocycles. The first-order valence-corrected chi connectivity index (χ1v) is 9.24. The maximum Gasteiger partial charge on any atom is 0.265 e. The van der Waals surface area contributed by atoms with E-state index >= 15 is 0 Å². The van der Waals surface area contributed by atoms with Gasteiger partial charge in [-0.2, -0.15) is 0 Å². The topological polar surface area (TPSA) is 49.4 Å². The van der Waals surface area contributed by atoms with Crippen molar-refractivity contribution in [1.29, 1.82) is 0 Å². The number of likely N-dealkylation sites (tertiary alicyclic amines) is 1. The van der Waals surface area contributed by atoms with E-state index in [4.69, 9.17) is 11.6 Å². The summed E-state index contributed by atoms with van der Waals surface area (Å²) < 4.78 is 0. The first-order valence-electron chi connectivity index (χ1n) is 7.98. The Balaban J connectivity index is 1.78. The minimum atomic E-state index is -0.219. The van der Waals surface area contributed by atoms with Crippen LogP contribution in [0.15, 0.2) is 35.7 Å². The minimum Gasteiger partial charge on any atom is -0.338 e. The number of carbonyl (C=O) groups is 2. The maximum atomic E-state index is 12.7. The van der Waals surface area contributed by atoms with E-state index in [1.807, 2.05) is 16.3 Å². The van der Waals surface area contributed by atoms with Crippen molar-refractivity contribution in [3.63, 3.8) is 0 Å². The van der Waals surface area contributed by atoms with E-state index in [1.165, 1.54) is 11.3 Å². The number of anilines is 1. The molecule has 1 fully saturated rings. The summed E-state index contributed by atoms with van der Waals surface area (Å²) in [6, 6.07) is 8.60. The number of amides is 2. The molecular weight excluding hydrogens is 344 g/mol. The summed E-state index contributed by atoms with van der Waals surface area (Å²) in [5, 5.41) is 5.05. The standard InChI is InChI=1S/C18H19ClN2O2S/c1-12-4-2-8-21(11-12)18(23)13-6-7-14(19)15(10-13)20-17(22)16-5-3-9-24-16/h3,5-7,9-10,12H,2,4,8,11H2,1H3,(H,20,22). The molecule has 0 radical (unpaired) electrons. The zero-order chi connectivity index (χ0) is 17.1. The monoisotopic (exact) mass is 362 g/mol. The number of rotatable bonds is 3. The maximum absolute atomic E-state index is 12.7. The van der Waals surface area contributed by atoms with Crippen LogP contribution in [0.3, 0.4) is 0 Å². The molecule has 1 aliphatic rings. The van der Waals surface area contributed by atoms with Crippen LogP contribution < -0.4 is 5.32 Å². The van der Waals surface area contributed by atoms with Gasteiger partial charge in [0, 0.05) is 18.7 Å². The van der Waals surface area contributed by atoms with Gasteiger partial charge in [0.1, 0.15) is 0 Å². The average Bonchev–Trinajstić information content (AvgIpc) is 3.11. The number of piperidine rings is 1. The second-order valence-corrected chi connectivity index (χ2v) is 7.48. The van der Waals surface area contributed by atoms with Crippen LogP contribution in [0.2, 0.25) is 5.02 Å². The normalized spacial score (nSPS) is 17.6.